The number of esters is 4. The number of carbonyl (C=O) groups excluding carboxylic acids is 4. The van der Waals surface area contributed by atoms with E-state index in [0.717, 1.165) is 11.6 Å². The molecule has 1 aromatic carbocycles. The number of benzene rings is 1. The third kappa shape index (κ3) is 10.1. The Morgan fingerprint density at radius 3 is 2.21 bits per heavy atom. The van der Waals surface area contributed by atoms with Crippen LogP contribution in [-0.4, -0.2) is 43.2 Å². The molecule has 0 fully saturated rings. The molecule has 0 aliphatic heterocycles. The molecule has 0 N–H and O–H groups in total. The maximum atomic E-state index is 11.7. The van der Waals surface area contributed by atoms with E-state index in [0.29, 0.717) is 12.2 Å². The topological polar surface area (TPSA) is 105 Å². The lowest BCUT2D eigenvalue weighted by atomic mass is 10.1. The van der Waals surface area contributed by atoms with Crippen LogP contribution in [0.1, 0.15) is 32.3 Å². The Labute approximate surface area is 163 Å². The lowest BCUT2D eigenvalue weighted by molar-refractivity contribution is -0.156. The zero-order valence-electron chi connectivity index (χ0n) is 16.0. The Morgan fingerprint density at radius 1 is 1.04 bits per heavy atom. The fraction of sp³-hybridized carbons (Fsp3) is 0.400. The van der Waals surface area contributed by atoms with Gasteiger partial charge in [-0.15, -0.1) is 0 Å². The monoisotopic (exact) mass is 392 g/mol. The van der Waals surface area contributed by atoms with Gasteiger partial charge in [-0.25, -0.2) is 4.79 Å². The van der Waals surface area contributed by atoms with Gasteiger partial charge in [-0.1, -0.05) is 18.7 Å². The summed E-state index contributed by atoms with van der Waals surface area (Å²) >= 11 is 0. The van der Waals surface area contributed by atoms with Gasteiger partial charge in [0.15, 0.2) is 0 Å². The predicted molar refractivity (Wildman–Crippen MR) is 98.4 cm³/mol. The van der Waals surface area contributed by atoms with Crippen molar-refractivity contribution in [1.29, 1.82) is 0 Å². The van der Waals surface area contributed by atoms with E-state index in [1.807, 2.05) is 0 Å². The minimum absolute atomic E-state index is 0.100. The number of carbonyl (C=O) groups is 4. The van der Waals surface area contributed by atoms with Crippen LogP contribution >= 0.6 is 0 Å². The van der Waals surface area contributed by atoms with Crippen molar-refractivity contribution >= 4 is 23.9 Å². The zero-order valence-corrected chi connectivity index (χ0v) is 16.0. The molecule has 0 aliphatic carbocycles. The molecule has 8 nitrogen and oxygen atoms in total. The maximum absolute atomic E-state index is 11.7. The SMILES string of the molecule is C=CC(=O)OC(C)COC(=O)CCC(=O)OCCc1ccc(OC(C)=O)cc1. The molecule has 1 rings (SSSR count). The van der Waals surface area contributed by atoms with Crippen LogP contribution in [0.25, 0.3) is 0 Å². The first-order valence-electron chi connectivity index (χ1n) is 8.71. The van der Waals surface area contributed by atoms with Crippen molar-refractivity contribution in [3.8, 4) is 5.75 Å². The fourth-order valence-electron chi connectivity index (χ4n) is 2.01. The molecule has 0 saturated carbocycles. The molecule has 0 aromatic heterocycles. The Morgan fingerprint density at radius 2 is 1.64 bits per heavy atom. The van der Waals surface area contributed by atoms with Gasteiger partial charge in [-0.05, 0) is 24.6 Å². The summed E-state index contributed by atoms with van der Waals surface area (Å²) in [5, 5.41) is 0. The molecular formula is C20H24O8. The van der Waals surface area contributed by atoms with Gasteiger partial charge in [-0.2, -0.15) is 0 Å². The third-order valence-electron chi connectivity index (χ3n) is 3.34. The Hall–Kier alpha value is -3.16. The van der Waals surface area contributed by atoms with Crippen molar-refractivity contribution in [3.05, 3.63) is 42.5 Å². The second-order valence-electron chi connectivity index (χ2n) is 5.84. The minimum Gasteiger partial charge on any atom is -0.465 e. The summed E-state index contributed by atoms with van der Waals surface area (Å²) in [7, 11) is 0. The van der Waals surface area contributed by atoms with Gasteiger partial charge in [0.2, 0.25) is 0 Å². The quantitative estimate of drug-likeness (QED) is 0.244. The van der Waals surface area contributed by atoms with Gasteiger partial charge in [0, 0.05) is 19.4 Å². The standard InChI is InChI=1S/C20H24O8/c1-4-18(22)27-14(2)13-26-20(24)10-9-19(23)25-12-11-16-5-7-17(8-6-16)28-15(3)21/h4-8,14H,1,9-13H2,2-3H3. The first-order valence-corrected chi connectivity index (χ1v) is 8.71. The van der Waals surface area contributed by atoms with Gasteiger partial charge in [0.05, 0.1) is 19.4 Å². The van der Waals surface area contributed by atoms with Gasteiger partial charge in [0.25, 0.3) is 0 Å². The van der Waals surface area contributed by atoms with Crippen LogP contribution in [-0.2, 0) is 39.8 Å². The highest BCUT2D eigenvalue weighted by molar-refractivity contribution is 5.81. The molecule has 1 unspecified atom stereocenters. The van der Waals surface area contributed by atoms with E-state index in [1.54, 1.807) is 31.2 Å². The van der Waals surface area contributed by atoms with Gasteiger partial charge < -0.3 is 18.9 Å². The number of ether oxygens (including phenoxy) is 4. The number of rotatable bonds is 11. The van der Waals surface area contributed by atoms with E-state index >= 15 is 0 Å². The average Bonchev–Trinajstić information content (AvgIpc) is 2.65. The van der Waals surface area contributed by atoms with Crippen molar-refractivity contribution < 1.29 is 38.1 Å². The highest BCUT2D eigenvalue weighted by Crippen LogP contribution is 2.13. The van der Waals surface area contributed by atoms with Crippen LogP contribution in [0.4, 0.5) is 0 Å². The van der Waals surface area contributed by atoms with Gasteiger partial charge in [0.1, 0.15) is 18.5 Å². The summed E-state index contributed by atoms with van der Waals surface area (Å²) < 4.78 is 19.8. The Bertz CT molecular complexity index is 693. The lowest BCUT2D eigenvalue weighted by Crippen LogP contribution is -2.21. The summed E-state index contributed by atoms with van der Waals surface area (Å²) in [4.78, 5) is 45.1. The molecule has 28 heavy (non-hydrogen) atoms. The first-order chi connectivity index (χ1) is 13.3. The van der Waals surface area contributed by atoms with E-state index in [4.69, 9.17) is 18.9 Å². The number of hydrogen-bond donors (Lipinski definition) is 0. The molecule has 0 bridgehead atoms. The molecular weight excluding hydrogens is 368 g/mol. The van der Waals surface area contributed by atoms with Crippen molar-refractivity contribution in [2.45, 2.75) is 39.2 Å². The van der Waals surface area contributed by atoms with Crippen molar-refractivity contribution in [2.24, 2.45) is 0 Å². The summed E-state index contributed by atoms with van der Waals surface area (Å²) in [5.41, 5.74) is 0.908. The molecule has 1 atom stereocenters. The molecule has 1 aromatic rings. The summed E-state index contributed by atoms with van der Waals surface area (Å²) in [6.45, 7) is 6.22. The van der Waals surface area contributed by atoms with Crippen LogP contribution in [0.3, 0.4) is 0 Å². The summed E-state index contributed by atoms with van der Waals surface area (Å²) in [6.07, 6.45) is 0.669. The van der Waals surface area contributed by atoms with E-state index in [-0.39, 0.29) is 26.1 Å². The van der Waals surface area contributed by atoms with Crippen LogP contribution in [0.2, 0.25) is 0 Å². The molecule has 0 radical (unpaired) electrons. The van der Waals surface area contributed by atoms with Crippen molar-refractivity contribution in [3.63, 3.8) is 0 Å². The van der Waals surface area contributed by atoms with E-state index < -0.39 is 30.0 Å². The highest BCUT2D eigenvalue weighted by Gasteiger charge is 2.13. The van der Waals surface area contributed by atoms with E-state index in [2.05, 4.69) is 6.58 Å². The molecule has 0 amide bonds. The van der Waals surface area contributed by atoms with E-state index in [1.165, 1.54) is 6.92 Å². The van der Waals surface area contributed by atoms with Gasteiger partial charge >= 0.3 is 23.9 Å². The minimum atomic E-state index is -0.604. The average molecular weight is 392 g/mol. The summed E-state index contributed by atoms with van der Waals surface area (Å²) in [6, 6.07) is 6.84. The van der Waals surface area contributed by atoms with Crippen molar-refractivity contribution in [1.82, 2.24) is 0 Å². The number of hydrogen-bond acceptors (Lipinski definition) is 8. The smallest absolute Gasteiger partial charge is 0.330 e. The zero-order chi connectivity index (χ0) is 20.9. The second kappa shape index (κ2) is 12.3. The van der Waals surface area contributed by atoms with Gasteiger partial charge in [-0.3, -0.25) is 14.4 Å². The maximum Gasteiger partial charge on any atom is 0.330 e. The lowest BCUT2D eigenvalue weighted by Gasteiger charge is -2.12. The third-order valence-corrected chi connectivity index (χ3v) is 3.34. The molecule has 152 valence electrons. The first kappa shape index (κ1) is 22.9. The van der Waals surface area contributed by atoms with Crippen LogP contribution in [0.15, 0.2) is 36.9 Å². The highest BCUT2D eigenvalue weighted by atomic mass is 16.6. The molecule has 0 spiro atoms. The fourth-order valence-corrected chi connectivity index (χ4v) is 2.01. The second-order valence-corrected chi connectivity index (χ2v) is 5.84. The van der Waals surface area contributed by atoms with Crippen LogP contribution in [0.5, 0.6) is 5.75 Å². The van der Waals surface area contributed by atoms with Crippen molar-refractivity contribution in [2.75, 3.05) is 13.2 Å². The largest absolute Gasteiger partial charge is 0.465 e. The van der Waals surface area contributed by atoms with Crippen LogP contribution < -0.4 is 4.74 Å². The molecule has 0 aliphatic rings. The normalized spacial score (nSPS) is 11.1. The summed E-state index contributed by atoms with van der Waals surface area (Å²) in [5.74, 6) is -1.65. The molecule has 0 heterocycles. The predicted octanol–water partition coefficient (Wildman–Crippen LogP) is 2.14. The van der Waals surface area contributed by atoms with E-state index in [9.17, 15) is 19.2 Å². The Balaban J connectivity index is 2.19. The Kier molecular flexibility index (Phi) is 10.0. The van der Waals surface area contributed by atoms with Crippen LogP contribution in [0, 0.1) is 0 Å². The molecule has 8 heteroatoms. The molecule has 0 saturated heterocycles.